The van der Waals surface area contributed by atoms with Gasteiger partial charge >= 0.3 is 11.9 Å². The molecule has 8 heteroatoms. The number of hydrogen-bond acceptors (Lipinski definition) is 8. The number of carbonyl (C=O) groups is 2. The number of rotatable bonds is 4. The highest BCUT2D eigenvalue weighted by molar-refractivity contribution is 5.90. The van der Waals surface area contributed by atoms with E-state index in [1.165, 1.54) is 0 Å². The van der Waals surface area contributed by atoms with E-state index in [4.69, 9.17) is 28.4 Å². The van der Waals surface area contributed by atoms with E-state index in [1.807, 2.05) is 12.1 Å². The number of fused-ring (bicyclic) bond motifs is 2. The second-order valence-corrected chi connectivity index (χ2v) is 9.60. The summed E-state index contributed by atoms with van der Waals surface area (Å²) in [7, 11) is 0. The maximum Gasteiger partial charge on any atom is 0.338 e. The Labute approximate surface area is 198 Å². The van der Waals surface area contributed by atoms with Crippen LogP contribution in [0.2, 0.25) is 0 Å². The Kier molecular flexibility index (Phi) is 5.72. The third kappa shape index (κ3) is 4.34. The fraction of sp³-hybridized carbons (Fsp3) is 0.462. The molecule has 2 heterocycles. The summed E-state index contributed by atoms with van der Waals surface area (Å²) in [5.41, 5.74) is 0.814. The molecule has 34 heavy (non-hydrogen) atoms. The Balaban J connectivity index is 1.47. The topological polar surface area (TPSA) is 89.5 Å². The lowest BCUT2D eigenvalue weighted by Gasteiger charge is -2.41. The van der Waals surface area contributed by atoms with E-state index < -0.39 is 60.1 Å². The van der Waals surface area contributed by atoms with Crippen molar-refractivity contribution in [2.45, 2.75) is 75.9 Å². The van der Waals surface area contributed by atoms with E-state index in [-0.39, 0.29) is 0 Å². The molecule has 0 bridgehead atoms. The molecule has 8 nitrogen and oxygen atoms in total. The molecule has 3 fully saturated rings. The van der Waals surface area contributed by atoms with E-state index in [2.05, 4.69) is 0 Å². The Morgan fingerprint density at radius 3 is 1.18 bits per heavy atom. The van der Waals surface area contributed by atoms with Crippen molar-refractivity contribution in [1.29, 1.82) is 0 Å². The first-order valence-electron chi connectivity index (χ1n) is 11.4. The number of hydrogen-bond donors (Lipinski definition) is 0. The number of esters is 2. The van der Waals surface area contributed by atoms with Crippen LogP contribution in [0, 0.1) is 0 Å². The van der Waals surface area contributed by atoms with E-state index in [0.29, 0.717) is 11.1 Å². The minimum Gasteiger partial charge on any atom is -0.453 e. The standard InChI is InChI=1S/C26H28O8/c1-25(2)31-19-17(29-23(27)15-11-7-5-8-12-15)21-22(34-26(3,4)33-21)18(20(19)32-25)30-24(28)16-13-9-6-10-14-16/h5-14,17-22H,1-4H3. The minimum absolute atomic E-state index is 0.407. The molecule has 0 aromatic heterocycles. The van der Waals surface area contributed by atoms with Crippen LogP contribution in [0.4, 0.5) is 0 Å². The van der Waals surface area contributed by atoms with Crippen molar-refractivity contribution in [2.75, 3.05) is 0 Å². The van der Waals surface area contributed by atoms with Crippen LogP contribution in [0.5, 0.6) is 0 Å². The van der Waals surface area contributed by atoms with Crippen LogP contribution < -0.4 is 0 Å². The molecule has 5 rings (SSSR count). The minimum atomic E-state index is -0.988. The lowest BCUT2D eigenvalue weighted by Crippen LogP contribution is -2.63. The van der Waals surface area contributed by atoms with Crippen molar-refractivity contribution >= 4 is 11.9 Å². The van der Waals surface area contributed by atoms with Crippen LogP contribution in [0.1, 0.15) is 48.4 Å². The Morgan fingerprint density at radius 2 is 0.882 bits per heavy atom. The van der Waals surface area contributed by atoms with Gasteiger partial charge in [0.25, 0.3) is 0 Å². The number of ether oxygens (including phenoxy) is 6. The predicted molar refractivity (Wildman–Crippen MR) is 119 cm³/mol. The molecule has 2 aromatic rings. The van der Waals surface area contributed by atoms with Crippen LogP contribution >= 0.6 is 0 Å². The molecule has 4 unspecified atom stereocenters. The Bertz CT molecular complexity index is 937. The van der Waals surface area contributed by atoms with Gasteiger partial charge in [0, 0.05) is 0 Å². The highest BCUT2D eigenvalue weighted by atomic mass is 16.8. The van der Waals surface area contributed by atoms with Crippen LogP contribution in [-0.2, 0) is 28.4 Å². The lowest BCUT2D eigenvalue weighted by molar-refractivity contribution is -0.183. The molecule has 3 aliphatic rings. The van der Waals surface area contributed by atoms with Crippen LogP contribution in [-0.4, -0.2) is 60.1 Å². The molecule has 180 valence electrons. The second kappa shape index (κ2) is 8.46. The van der Waals surface area contributed by atoms with Crippen molar-refractivity contribution in [3.63, 3.8) is 0 Å². The molecule has 2 saturated heterocycles. The summed E-state index contributed by atoms with van der Waals surface area (Å²) in [5, 5.41) is 0. The zero-order valence-electron chi connectivity index (χ0n) is 19.5. The summed E-state index contributed by atoms with van der Waals surface area (Å²) in [5.74, 6) is -3.00. The van der Waals surface area contributed by atoms with Gasteiger partial charge in [0.05, 0.1) is 11.1 Å². The molecule has 1 saturated carbocycles. The summed E-state index contributed by atoms with van der Waals surface area (Å²) in [4.78, 5) is 25.9. The monoisotopic (exact) mass is 468 g/mol. The van der Waals surface area contributed by atoms with Crippen molar-refractivity contribution in [3.8, 4) is 0 Å². The predicted octanol–water partition coefficient (Wildman–Crippen LogP) is 3.49. The quantitative estimate of drug-likeness (QED) is 0.630. The zero-order chi connectivity index (χ0) is 24.1. The first-order valence-corrected chi connectivity index (χ1v) is 11.4. The summed E-state index contributed by atoms with van der Waals surface area (Å²) in [6.07, 6.45) is -4.58. The van der Waals surface area contributed by atoms with Crippen molar-refractivity contribution < 1.29 is 38.0 Å². The number of carbonyl (C=O) groups excluding carboxylic acids is 2. The van der Waals surface area contributed by atoms with Crippen molar-refractivity contribution in [1.82, 2.24) is 0 Å². The highest BCUT2D eigenvalue weighted by Crippen LogP contribution is 2.46. The number of benzene rings is 2. The third-order valence-corrected chi connectivity index (χ3v) is 6.13. The largest absolute Gasteiger partial charge is 0.453 e. The maximum absolute atomic E-state index is 13.0. The van der Waals surface area contributed by atoms with Crippen molar-refractivity contribution in [2.24, 2.45) is 0 Å². The first kappa shape index (κ1) is 23.0. The zero-order valence-corrected chi connectivity index (χ0v) is 19.5. The molecule has 4 atom stereocenters. The van der Waals surface area contributed by atoms with Gasteiger partial charge in [0.2, 0.25) is 0 Å². The highest BCUT2D eigenvalue weighted by Gasteiger charge is 2.66. The molecule has 2 aliphatic heterocycles. The van der Waals surface area contributed by atoms with Crippen LogP contribution in [0.3, 0.4) is 0 Å². The molecule has 0 spiro atoms. The van der Waals surface area contributed by atoms with Gasteiger partial charge in [-0.1, -0.05) is 36.4 Å². The summed E-state index contributed by atoms with van der Waals surface area (Å²) < 4.78 is 36.6. The molecular formula is C26H28O8. The van der Waals surface area contributed by atoms with Gasteiger partial charge in [0.15, 0.2) is 23.8 Å². The molecule has 1 aliphatic carbocycles. The fourth-order valence-corrected chi connectivity index (χ4v) is 4.82. The average Bonchev–Trinajstić information content (AvgIpc) is 3.31. The van der Waals surface area contributed by atoms with E-state index in [9.17, 15) is 9.59 Å². The first-order chi connectivity index (χ1) is 16.1. The van der Waals surface area contributed by atoms with Gasteiger partial charge < -0.3 is 28.4 Å². The Hall–Kier alpha value is -2.78. The van der Waals surface area contributed by atoms with E-state index in [0.717, 1.165) is 0 Å². The smallest absolute Gasteiger partial charge is 0.338 e. The molecule has 0 radical (unpaired) electrons. The van der Waals surface area contributed by atoms with Crippen molar-refractivity contribution in [3.05, 3.63) is 71.8 Å². The normalized spacial score (nSPS) is 32.9. The van der Waals surface area contributed by atoms with Gasteiger partial charge in [-0.15, -0.1) is 0 Å². The molecule has 2 aromatic carbocycles. The van der Waals surface area contributed by atoms with Gasteiger partial charge in [-0.3, -0.25) is 0 Å². The van der Waals surface area contributed by atoms with E-state index in [1.54, 1.807) is 76.2 Å². The molecule has 0 amide bonds. The van der Waals surface area contributed by atoms with Gasteiger partial charge in [-0.05, 0) is 52.0 Å². The van der Waals surface area contributed by atoms with Gasteiger partial charge in [-0.2, -0.15) is 0 Å². The van der Waals surface area contributed by atoms with Crippen LogP contribution in [0.25, 0.3) is 0 Å². The summed E-state index contributed by atoms with van der Waals surface area (Å²) in [6, 6.07) is 17.4. The third-order valence-electron chi connectivity index (χ3n) is 6.13. The van der Waals surface area contributed by atoms with Gasteiger partial charge in [-0.25, -0.2) is 9.59 Å². The van der Waals surface area contributed by atoms with Crippen LogP contribution in [0.15, 0.2) is 60.7 Å². The molecule has 0 N–H and O–H groups in total. The average molecular weight is 469 g/mol. The SMILES string of the molecule is CC1(C)OC2C(OC(=O)c3ccccc3)C3OC(C)(C)OC3C(OC(=O)c3ccccc3)C2O1. The maximum atomic E-state index is 13.0. The second-order valence-electron chi connectivity index (χ2n) is 9.60. The lowest BCUT2D eigenvalue weighted by atomic mass is 9.84. The summed E-state index contributed by atoms with van der Waals surface area (Å²) in [6.45, 7) is 7.05. The van der Waals surface area contributed by atoms with Gasteiger partial charge in [0.1, 0.15) is 24.4 Å². The fourth-order valence-electron chi connectivity index (χ4n) is 4.82. The Morgan fingerprint density at radius 1 is 0.588 bits per heavy atom. The van der Waals surface area contributed by atoms with E-state index >= 15 is 0 Å². The summed E-state index contributed by atoms with van der Waals surface area (Å²) >= 11 is 0. The molecular weight excluding hydrogens is 440 g/mol.